The Morgan fingerprint density at radius 3 is 2.54 bits per heavy atom. The van der Waals surface area contributed by atoms with Crippen molar-refractivity contribution < 1.29 is 13.9 Å². The van der Waals surface area contributed by atoms with Crippen LogP contribution in [-0.4, -0.2) is 60.8 Å². The molecule has 8 nitrogen and oxygen atoms in total. The Morgan fingerprint density at radius 2 is 1.85 bits per heavy atom. The van der Waals surface area contributed by atoms with Crippen molar-refractivity contribution in [2.24, 2.45) is 11.1 Å². The molecule has 0 radical (unpaired) electrons. The topological polar surface area (TPSA) is 96.6 Å². The van der Waals surface area contributed by atoms with E-state index < -0.39 is 0 Å². The second-order valence-corrected chi connectivity index (χ2v) is 12.5. The summed E-state index contributed by atoms with van der Waals surface area (Å²) in [7, 11) is 0. The molecule has 6 rings (SSSR count). The molecule has 0 aliphatic carbocycles. The van der Waals surface area contributed by atoms with Crippen molar-refractivity contribution in [2.45, 2.75) is 61.1 Å². The minimum atomic E-state index is -0.360. The Hall–Kier alpha value is -3.21. The average Bonchev–Trinajstić information content (AvgIpc) is 3.27. The molecule has 0 bridgehead atoms. The van der Waals surface area contributed by atoms with Gasteiger partial charge < -0.3 is 25.6 Å². The first kappa shape index (κ1) is 27.9. The van der Waals surface area contributed by atoms with E-state index in [1.165, 1.54) is 24.2 Å². The monoisotopic (exact) mass is 576 g/mol. The number of hydrogen-bond acceptors (Lipinski definition) is 8. The summed E-state index contributed by atoms with van der Waals surface area (Å²) in [5.74, 6) is 0.160. The van der Waals surface area contributed by atoms with Gasteiger partial charge in [0.1, 0.15) is 16.7 Å². The van der Waals surface area contributed by atoms with Crippen LogP contribution >= 0.6 is 11.8 Å². The Morgan fingerprint density at radius 1 is 1.05 bits per heavy atom. The van der Waals surface area contributed by atoms with Crippen LogP contribution in [0.5, 0.6) is 0 Å². The number of anilines is 3. The van der Waals surface area contributed by atoms with Crippen LogP contribution in [0.1, 0.15) is 49.4 Å². The Bertz CT molecular complexity index is 1380. The van der Waals surface area contributed by atoms with Gasteiger partial charge in [-0.25, -0.2) is 14.4 Å². The zero-order chi connectivity index (χ0) is 28.4. The minimum absolute atomic E-state index is 0.0737. The Balaban J connectivity index is 1.05. The summed E-state index contributed by atoms with van der Waals surface area (Å²) in [6.45, 7) is 6.28. The summed E-state index contributed by atoms with van der Waals surface area (Å²) in [5.41, 5.74) is 8.03. The van der Waals surface area contributed by atoms with Crippen molar-refractivity contribution in [1.82, 2.24) is 9.97 Å². The number of halogens is 1. The van der Waals surface area contributed by atoms with Gasteiger partial charge in [0.05, 0.1) is 30.8 Å². The lowest BCUT2D eigenvalue weighted by molar-refractivity contribution is 0.0974. The maximum absolute atomic E-state index is 14.8. The number of nitrogens with one attached hydrogen (secondary N) is 1. The molecule has 10 heteroatoms. The van der Waals surface area contributed by atoms with E-state index in [4.69, 9.17) is 10.5 Å². The molecule has 0 unspecified atom stereocenters. The van der Waals surface area contributed by atoms with Crippen molar-refractivity contribution in [3.05, 3.63) is 66.2 Å². The van der Waals surface area contributed by atoms with Gasteiger partial charge in [0, 0.05) is 53.8 Å². The van der Waals surface area contributed by atoms with Gasteiger partial charge in [-0.15, -0.1) is 0 Å². The average molecular weight is 577 g/mol. The van der Waals surface area contributed by atoms with Crippen LogP contribution in [0, 0.1) is 11.2 Å². The number of benzene rings is 2. The fourth-order valence-electron chi connectivity index (χ4n) is 6.18. The molecule has 1 spiro atoms. The lowest BCUT2D eigenvalue weighted by atomic mass is 9.73. The summed E-state index contributed by atoms with van der Waals surface area (Å²) in [6.07, 6.45) is 9.01. The molecule has 3 aromatic rings. The number of rotatable bonds is 6. The first-order valence-electron chi connectivity index (χ1n) is 14.5. The summed E-state index contributed by atoms with van der Waals surface area (Å²) in [6, 6.07) is 12.4. The zero-order valence-electron chi connectivity index (χ0n) is 23.4. The first-order chi connectivity index (χ1) is 19.9. The molecular weight excluding hydrogens is 539 g/mol. The van der Waals surface area contributed by atoms with Crippen LogP contribution in [0.2, 0.25) is 0 Å². The maximum atomic E-state index is 14.8. The van der Waals surface area contributed by atoms with E-state index in [0.29, 0.717) is 16.9 Å². The van der Waals surface area contributed by atoms with Crippen LogP contribution in [0.3, 0.4) is 0 Å². The van der Waals surface area contributed by atoms with E-state index in [1.54, 1.807) is 18.3 Å². The van der Waals surface area contributed by atoms with Gasteiger partial charge in [-0.2, -0.15) is 0 Å². The molecule has 1 aromatic heterocycles. The van der Waals surface area contributed by atoms with Gasteiger partial charge in [-0.1, -0.05) is 17.8 Å². The third-order valence-electron chi connectivity index (χ3n) is 8.77. The Labute approximate surface area is 244 Å². The van der Waals surface area contributed by atoms with Crippen molar-refractivity contribution >= 4 is 34.9 Å². The number of nitrogens with zero attached hydrogens (tertiary/aromatic N) is 4. The van der Waals surface area contributed by atoms with E-state index >= 15 is 0 Å². The van der Waals surface area contributed by atoms with E-state index in [0.717, 1.165) is 74.2 Å². The molecule has 1 amide bonds. The largest absolute Gasteiger partial charge is 0.376 e. The molecule has 2 atom stereocenters. The van der Waals surface area contributed by atoms with Crippen molar-refractivity contribution in [1.29, 1.82) is 0 Å². The van der Waals surface area contributed by atoms with E-state index in [-0.39, 0.29) is 29.3 Å². The smallest absolute Gasteiger partial charge is 0.255 e. The van der Waals surface area contributed by atoms with Crippen LogP contribution < -0.4 is 20.9 Å². The summed E-state index contributed by atoms with van der Waals surface area (Å²) < 4.78 is 20.7. The second kappa shape index (κ2) is 12.0. The van der Waals surface area contributed by atoms with Crippen LogP contribution in [0.4, 0.5) is 21.6 Å². The van der Waals surface area contributed by atoms with Crippen LogP contribution in [0.25, 0.3) is 0 Å². The fraction of sp³-hybridized carbons (Fsp3) is 0.452. The van der Waals surface area contributed by atoms with Gasteiger partial charge in [0.15, 0.2) is 0 Å². The molecular formula is C31H37FN6O2S. The van der Waals surface area contributed by atoms with Gasteiger partial charge in [-0.05, 0) is 75.4 Å². The lowest BCUT2D eigenvalue weighted by Gasteiger charge is -2.41. The number of aromatic nitrogens is 2. The zero-order valence-corrected chi connectivity index (χ0v) is 24.2. The number of ether oxygens (including phenoxy) is 1. The predicted molar refractivity (Wildman–Crippen MR) is 160 cm³/mol. The second-order valence-electron chi connectivity index (χ2n) is 11.4. The number of carbonyl (C=O) groups is 1. The van der Waals surface area contributed by atoms with Gasteiger partial charge >= 0.3 is 0 Å². The number of nitrogens with two attached hydrogens (primary N) is 1. The summed E-state index contributed by atoms with van der Waals surface area (Å²) in [5, 5.41) is 3.66. The molecule has 3 fully saturated rings. The number of amides is 1. The maximum Gasteiger partial charge on any atom is 0.255 e. The normalized spacial score (nSPS) is 22.2. The first-order valence-corrected chi connectivity index (χ1v) is 15.3. The minimum Gasteiger partial charge on any atom is -0.376 e. The highest BCUT2D eigenvalue weighted by Crippen LogP contribution is 2.41. The van der Waals surface area contributed by atoms with E-state index in [2.05, 4.69) is 32.0 Å². The number of hydrogen-bond donors (Lipinski definition) is 2. The quantitative estimate of drug-likeness (QED) is 0.406. The SMILES string of the molecule is C[C@@H]1OCC2(CCN(c3cnc(Sc4cccc(NC(=O)c5ccc(N6CCCCC6)c(F)c5)c4)cn3)CC2)[C@@H]1N. The highest BCUT2D eigenvalue weighted by molar-refractivity contribution is 7.99. The summed E-state index contributed by atoms with van der Waals surface area (Å²) in [4.78, 5) is 27.4. The van der Waals surface area contributed by atoms with Gasteiger partial charge in [0.25, 0.3) is 5.91 Å². The molecule has 3 aliphatic heterocycles. The van der Waals surface area contributed by atoms with Crippen molar-refractivity contribution in [3.8, 4) is 0 Å². The van der Waals surface area contributed by atoms with E-state index in [9.17, 15) is 9.18 Å². The van der Waals surface area contributed by atoms with Gasteiger partial charge in [-0.3, -0.25) is 4.79 Å². The van der Waals surface area contributed by atoms with E-state index in [1.807, 2.05) is 30.5 Å². The molecule has 3 N–H and O–H groups in total. The highest BCUT2D eigenvalue weighted by atomic mass is 32.2. The summed E-state index contributed by atoms with van der Waals surface area (Å²) >= 11 is 1.47. The van der Waals surface area contributed by atoms with Crippen LogP contribution in [0.15, 0.2) is 64.8 Å². The molecule has 2 aromatic carbocycles. The van der Waals surface area contributed by atoms with Crippen LogP contribution in [-0.2, 0) is 4.74 Å². The van der Waals surface area contributed by atoms with Crippen molar-refractivity contribution in [2.75, 3.05) is 47.9 Å². The molecule has 0 saturated carbocycles. The molecule has 3 aliphatic rings. The Kier molecular flexibility index (Phi) is 8.14. The predicted octanol–water partition coefficient (Wildman–Crippen LogP) is 5.34. The number of carbonyl (C=O) groups excluding carboxylic acids is 1. The molecule has 216 valence electrons. The third kappa shape index (κ3) is 6.05. The molecule has 41 heavy (non-hydrogen) atoms. The number of piperidine rings is 2. The fourth-order valence-corrected chi connectivity index (χ4v) is 6.96. The molecule has 3 saturated heterocycles. The standard InChI is InChI=1S/C31H37FN6O2S/c1-21-29(33)31(20-40-21)10-14-38(15-11-31)27-18-35-28(19-34-27)41-24-7-5-6-23(17-24)36-30(39)22-8-9-26(25(32)16-22)37-12-3-2-4-13-37/h5-9,16-19,21,29H,2-4,10-15,20,33H2,1H3,(H,36,39)/t21-,29+/m0/s1. The highest BCUT2D eigenvalue weighted by Gasteiger charge is 2.47. The third-order valence-corrected chi connectivity index (χ3v) is 9.67. The molecule has 4 heterocycles. The van der Waals surface area contributed by atoms with Crippen molar-refractivity contribution in [3.63, 3.8) is 0 Å². The van der Waals surface area contributed by atoms with Gasteiger partial charge in [0.2, 0.25) is 0 Å². The lowest BCUT2D eigenvalue weighted by Crippen LogP contribution is -2.50.